The first-order valence-electron chi connectivity index (χ1n) is 16.5. The van der Waals surface area contributed by atoms with Gasteiger partial charge in [0.15, 0.2) is 11.8 Å². The zero-order valence-electron chi connectivity index (χ0n) is 29.1. The third kappa shape index (κ3) is 7.24. The summed E-state index contributed by atoms with van der Waals surface area (Å²) in [5, 5.41) is 11.4. The fourth-order valence-electron chi connectivity index (χ4n) is 7.08. The van der Waals surface area contributed by atoms with Crippen molar-refractivity contribution < 1.29 is 19.4 Å². The summed E-state index contributed by atoms with van der Waals surface area (Å²) >= 11 is 19.7. The Bertz CT molecular complexity index is 1980. The summed E-state index contributed by atoms with van der Waals surface area (Å²) in [5.41, 5.74) is 5.75. The topological polar surface area (TPSA) is 116 Å². The number of nitrogens with zero attached hydrogens (tertiary/aromatic N) is 2. The van der Waals surface area contributed by atoms with Crippen LogP contribution in [0.3, 0.4) is 0 Å². The molecule has 1 saturated carbocycles. The van der Waals surface area contributed by atoms with E-state index in [0.29, 0.717) is 22.3 Å². The van der Waals surface area contributed by atoms with Crippen molar-refractivity contribution in [2.75, 3.05) is 5.73 Å². The van der Waals surface area contributed by atoms with Gasteiger partial charge >= 0.3 is 5.97 Å². The van der Waals surface area contributed by atoms with E-state index in [0.717, 1.165) is 17.2 Å². The van der Waals surface area contributed by atoms with Crippen LogP contribution >= 0.6 is 34.8 Å². The molecular formula is C38H44Cl3N3O5. The van der Waals surface area contributed by atoms with Crippen LogP contribution < -0.4 is 21.2 Å². The number of carbonyl (C=O) groups is 1. The van der Waals surface area contributed by atoms with Crippen LogP contribution in [0.25, 0.3) is 22.5 Å². The van der Waals surface area contributed by atoms with Crippen LogP contribution in [0.1, 0.15) is 78.6 Å². The zero-order chi connectivity index (χ0) is 36.2. The first kappa shape index (κ1) is 36.8. The molecule has 0 radical (unpaired) electrons. The highest BCUT2D eigenvalue weighted by Gasteiger charge is 2.48. The lowest BCUT2D eigenvalue weighted by atomic mass is 9.59. The van der Waals surface area contributed by atoms with Crippen molar-refractivity contribution in [1.29, 1.82) is 0 Å². The Morgan fingerprint density at radius 3 is 2.12 bits per heavy atom. The van der Waals surface area contributed by atoms with Crippen molar-refractivity contribution in [3.05, 3.63) is 84.9 Å². The average molecular weight is 729 g/mol. The van der Waals surface area contributed by atoms with E-state index >= 15 is 0 Å². The second-order valence-electron chi connectivity index (χ2n) is 15.4. The summed E-state index contributed by atoms with van der Waals surface area (Å²) in [7, 11) is 0. The first-order chi connectivity index (χ1) is 22.8. The Kier molecular flexibility index (Phi) is 10.3. The predicted molar refractivity (Wildman–Crippen MR) is 198 cm³/mol. The number of carbonyl (C=O) groups excluding carboxylic acids is 1. The Morgan fingerprint density at radius 2 is 1.57 bits per heavy atom. The van der Waals surface area contributed by atoms with Crippen LogP contribution in [0.2, 0.25) is 15.2 Å². The fourth-order valence-corrected chi connectivity index (χ4v) is 7.74. The summed E-state index contributed by atoms with van der Waals surface area (Å²) in [6.07, 6.45) is 0.378. The molecule has 1 fully saturated rings. The molecule has 1 aliphatic rings. The molecule has 3 N–H and O–H groups in total. The number of ether oxygens (including phenoxy) is 2. The minimum absolute atomic E-state index is 0.0363. The number of hydrogen-bond acceptors (Lipinski definition) is 7. The maximum Gasteiger partial charge on any atom is 0.342 e. The number of halogens is 3. The number of esters is 1. The molecule has 49 heavy (non-hydrogen) atoms. The van der Waals surface area contributed by atoms with E-state index in [1.54, 1.807) is 49.4 Å². The molecule has 0 amide bonds. The smallest absolute Gasteiger partial charge is 0.342 e. The zero-order valence-corrected chi connectivity index (χ0v) is 31.4. The molecule has 2 aromatic carbocycles. The lowest BCUT2D eigenvalue weighted by Gasteiger charge is -2.50. The van der Waals surface area contributed by atoms with Gasteiger partial charge in [-0.05, 0) is 66.3 Å². The highest BCUT2D eigenvalue weighted by molar-refractivity contribution is 6.42. The number of fused-ring (bicyclic) bond motifs is 1. The van der Waals surface area contributed by atoms with E-state index in [2.05, 4.69) is 53.5 Å². The molecule has 3 atom stereocenters. The predicted octanol–water partition coefficient (Wildman–Crippen LogP) is 9.04. The summed E-state index contributed by atoms with van der Waals surface area (Å²) in [5.74, 6) is -0.399. The number of aliphatic hydroxyl groups excluding tert-OH is 1. The molecule has 2 heterocycles. The van der Waals surface area contributed by atoms with E-state index < -0.39 is 29.5 Å². The van der Waals surface area contributed by atoms with Gasteiger partial charge in [-0.2, -0.15) is 0 Å². The number of aromatic nitrogens is 2. The number of anilines is 1. The second-order valence-corrected chi connectivity index (χ2v) is 16.5. The van der Waals surface area contributed by atoms with Gasteiger partial charge in [-0.3, -0.25) is 4.79 Å². The monoisotopic (exact) mass is 727 g/mol. The summed E-state index contributed by atoms with van der Waals surface area (Å²) in [6, 6.07) is 13.6. The minimum Gasteiger partial charge on any atom is -0.507 e. The summed E-state index contributed by atoms with van der Waals surface area (Å²) in [6.45, 7) is 16.8. The normalized spacial score (nSPS) is 21.4. The average Bonchev–Trinajstić information content (AvgIpc) is 3.30. The molecule has 11 heteroatoms. The van der Waals surface area contributed by atoms with Gasteiger partial charge in [-0.15, -0.1) is 0 Å². The number of rotatable bonds is 6. The van der Waals surface area contributed by atoms with E-state index in [4.69, 9.17) is 50.0 Å². The molecule has 0 spiro atoms. The molecule has 1 aliphatic carbocycles. The van der Waals surface area contributed by atoms with Crippen LogP contribution in [0.4, 0.5) is 5.82 Å². The molecule has 0 saturated heterocycles. The van der Waals surface area contributed by atoms with Crippen LogP contribution in [-0.4, -0.2) is 32.7 Å². The lowest BCUT2D eigenvalue weighted by molar-refractivity contribution is -0.0922. The number of aliphatic hydroxyl groups is 1. The van der Waals surface area contributed by atoms with Gasteiger partial charge < -0.3 is 20.3 Å². The Labute approximate surface area is 302 Å². The van der Waals surface area contributed by atoms with Crippen LogP contribution in [0, 0.1) is 28.6 Å². The first-order valence-corrected chi connectivity index (χ1v) is 17.6. The molecule has 0 aliphatic heterocycles. The van der Waals surface area contributed by atoms with E-state index in [-0.39, 0.29) is 60.7 Å². The second kappa shape index (κ2) is 13.7. The highest BCUT2D eigenvalue weighted by Crippen LogP contribution is 2.50. The Balaban J connectivity index is 1.74. The molecule has 2 aromatic heterocycles. The minimum atomic E-state index is -0.970. The molecular weight excluding hydrogens is 685 g/mol. The fraction of sp³-hybridized carbons (Fsp3) is 0.447. The van der Waals surface area contributed by atoms with E-state index in [1.165, 1.54) is 0 Å². The number of benzene rings is 2. The third-order valence-electron chi connectivity index (χ3n) is 9.67. The maximum atomic E-state index is 14.7. The van der Waals surface area contributed by atoms with E-state index in [1.807, 2.05) is 6.07 Å². The molecule has 4 aromatic rings. The van der Waals surface area contributed by atoms with Gasteiger partial charge in [0, 0.05) is 17.4 Å². The van der Waals surface area contributed by atoms with Gasteiger partial charge in [0.2, 0.25) is 0 Å². The van der Waals surface area contributed by atoms with Crippen molar-refractivity contribution >= 4 is 58.0 Å². The number of para-hydroxylation sites is 1. The Hall–Kier alpha value is -3.46. The quantitative estimate of drug-likeness (QED) is 0.190. The lowest BCUT2D eigenvalue weighted by Crippen LogP contribution is -2.49. The highest BCUT2D eigenvalue weighted by atomic mass is 35.5. The van der Waals surface area contributed by atoms with Crippen molar-refractivity contribution in [2.24, 2.45) is 28.6 Å². The van der Waals surface area contributed by atoms with Crippen molar-refractivity contribution in [1.82, 2.24) is 9.38 Å². The summed E-state index contributed by atoms with van der Waals surface area (Å²) in [4.78, 5) is 33.4. The van der Waals surface area contributed by atoms with Crippen LogP contribution in [0.15, 0.2) is 53.3 Å². The van der Waals surface area contributed by atoms with Gasteiger partial charge in [-0.1, -0.05) is 108 Å². The largest absolute Gasteiger partial charge is 0.507 e. The number of nitrogens with two attached hydrogens (primary N) is 1. The van der Waals surface area contributed by atoms with Crippen LogP contribution in [-0.2, 0) is 4.74 Å². The van der Waals surface area contributed by atoms with Crippen molar-refractivity contribution in [2.45, 2.75) is 80.4 Å². The molecule has 3 unspecified atom stereocenters. The number of hydrogen-bond donors (Lipinski definition) is 2. The standard InChI is InChI=1S/C38H44Cl3N3O5/c1-19-16-23(37(3,4)5)31(24(17-19)38(6,7)8)49-36(47)28-27(21-14-15-25(39)26(40)18-21)32(41)44-34(28)43-33(42)29(35(44)46)30(45)20(2)48-22-12-10-9-11-13-22/h9-15,18-20,23-24,31,45H,16-17H2,1-8H3,(H2,42,43). The SMILES string of the molecule is CC1CC(C(C)(C)C)C(OC(=O)c2c(-c3ccc(Cl)c(Cl)c3)c(Cl)n3c(=O)c(=C(O)C(C)Oc4ccccc4)c(N)nc23)C(C(C)(C)C)C1. The van der Waals surface area contributed by atoms with Gasteiger partial charge in [0.05, 0.1) is 10.0 Å². The van der Waals surface area contributed by atoms with Gasteiger partial charge in [-0.25, -0.2) is 14.2 Å². The maximum absolute atomic E-state index is 14.7. The third-order valence-corrected chi connectivity index (χ3v) is 10.8. The van der Waals surface area contributed by atoms with Gasteiger partial charge in [0.25, 0.3) is 5.56 Å². The van der Waals surface area contributed by atoms with E-state index in [9.17, 15) is 14.7 Å². The molecule has 262 valence electrons. The Morgan fingerprint density at radius 1 is 0.980 bits per heavy atom. The van der Waals surface area contributed by atoms with Crippen molar-refractivity contribution in [3.63, 3.8) is 0 Å². The summed E-state index contributed by atoms with van der Waals surface area (Å²) < 4.78 is 13.5. The molecule has 5 rings (SSSR count). The van der Waals surface area contributed by atoms with Gasteiger partial charge in [0.1, 0.15) is 39.4 Å². The number of nitrogen functional groups attached to an aromatic ring is 1. The molecule has 8 nitrogen and oxygen atoms in total. The molecule has 0 bridgehead atoms. The van der Waals surface area contributed by atoms with Crippen LogP contribution in [0.5, 0.6) is 5.75 Å². The van der Waals surface area contributed by atoms with Crippen molar-refractivity contribution in [3.8, 4) is 16.9 Å².